The van der Waals surface area contributed by atoms with E-state index in [0.29, 0.717) is 46.8 Å². The van der Waals surface area contributed by atoms with E-state index in [-0.39, 0.29) is 22.8 Å². The Morgan fingerprint density at radius 1 is 0.944 bits per heavy atom. The zero-order chi connectivity index (χ0) is 25.7. The van der Waals surface area contributed by atoms with Crippen LogP contribution in [-0.2, 0) is 25.4 Å². The Bertz CT molecular complexity index is 1570. The van der Waals surface area contributed by atoms with Crippen LogP contribution in [0.2, 0.25) is 0 Å². The molecule has 0 radical (unpaired) electrons. The van der Waals surface area contributed by atoms with E-state index in [0.717, 1.165) is 10.1 Å². The van der Waals surface area contributed by atoms with E-state index in [2.05, 4.69) is 0 Å². The molecule has 0 aliphatic carbocycles. The van der Waals surface area contributed by atoms with Crippen LogP contribution in [0.4, 0.5) is 0 Å². The molecule has 2 aromatic heterocycles. The molecule has 0 saturated heterocycles. The molecule has 36 heavy (non-hydrogen) atoms. The van der Waals surface area contributed by atoms with Gasteiger partial charge in [-0.1, -0.05) is 0 Å². The number of phenols is 1. The number of nitrogens with zero attached hydrogens (tertiary/aromatic N) is 3. The third kappa shape index (κ3) is 3.36. The molecule has 1 atom stereocenters. The molecular formula is C26H27N3O7. The largest absolute Gasteiger partial charge is 0.502 e. The second-order valence-corrected chi connectivity index (χ2v) is 8.57. The highest BCUT2D eigenvalue weighted by atomic mass is 16.5. The minimum absolute atomic E-state index is 0.125. The number of aromatic hydroxyl groups is 1. The molecule has 2 aromatic carbocycles. The molecule has 0 amide bonds. The van der Waals surface area contributed by atoms with Gasteiger partial charge in [0.2, 0.25) is 5.75 Å². The summed E-state index contributed by atoms with van der Waals surface area (Å²) in [5.74, 6) is 1.01. The van der Waals surface area contributed by atoms with Gasteiger partial charge in [-0.25, -0.2) is 4.79 Å². The number of fused-ring (bicyclic) bond motifs is 3. The van der Waals surface area contributed by atoms with Crippen molar-refractivity contribution < 1.29 is 24.1 Å². The van der Waals surface area contributed by atoms with Crippen molar-refractivity contribution in [3.63, 3.8) is 0 Å². The molecule has 1 aliphatic heterocycles. The highest BCUT2D eigenvalue weighted by Crippen LogP contribution is 2.45. The van der Waals surface area contributed by atoms with Crippen molar-refractivity contribution in [2.45, 2.75) is 12.6 Å². The molecule has 0 unspecified atom stereocenters. The Balaban J connectivity index is 1.89. The average Bonchev–Trinajstić information content (AvgIpc) is 3.26. The maximum atomic E-state index is 13.5. The lowest BCUT2D eigenvalue weighted by atomic mass is 10.0. The van der Waals surface area contributed by atoms with E-state index >= 15 is 0 Å². The molecule has 3 heterocycles. The van der Waals surface area contributed by atoms with Crippen LogP contribution in [0.5, 0.6) is 23.0 Å². The van der Waals surface area contributed by atoms with Crippen LogP contribution in [0.3, 0.4) is 0 Å². The summed E-state index contributed by atoms with van der Waals surface area (Å²) in [6.07, 6.45) is -0.658. The van der Waals surface area contributed by atoms with Gasteiger partial charge in [-0.2, -0.15) is 0 Å². The third-order valence-electron chi connectivity index (χ3n) is 6.72. The maximum Gasteiger partial charge on any atom is 0.331 e. The smallest absolute Gasteiger partial charge is 0.331 e. The molecule has 10 heteroatoms. The zero-order valence-corrected chi connectivity index (χ0v) is 20.7. The number of ether oxygens (including phenoxy) is 4. The lowest BCUT2D eigenvalue weighted by Gasteiger charge is -2.28. The number of rotatable bonds is 5. The van der Waals surface area contributed by atoms with Gasteiger partial charge in [-0.15, -0.1) is 0 Å². The predicted molar refractivity (Wildman–Crippen MR) is 133 cm³/mol. The maximum absolute atomic E-state index is 13.5. The third-order valence-corrected chi connectivity index (χ3v) is 6.72. The molecule has 4 aromatic rings. The van der Waals surface area contributed by atoms with Gasteiger partial charge >= 0.3 is 5.69 Å². The fourth-order valence-corrected chi connectivity index (χ4v) is 4.95. The highest BCUT2D eigenvalue weighted by Gasteiger charge is 2.34. The Morgan fingerprint density at radius 2 is 1.58 bits per heavy atom. The fraction of sp³-hybridized carbons (Fsp3) is 0.308. The zero-order valence-electron chi connectivity index (χ0n) is 20.7. The van der Waals surface area contributed by atoms with Crippen LogP contribution in [0.15, 0.2) is 46.0 Å². The molecule has 1 N–H and O–H groups in total. The molecule has 5 rings (SSSR count). The first-order valence-electron chi connectivity index (χ1n) is 11.3. The topological polar surface area (TPSA) is 106 Å². The quantitative estimate of drug-likeness (QED) is 0.456. The molecule has 0 saturated carbocycles. The van der Waals surface area contributed by atoms with Crippen molar-refractivity contribution in [1.29, 1.82) is 0 Å². The van der Waals surface area contributed by atoms with E-state index < -0.39 is 11.8 Å². The first kappa shape index (κ1) is 23.6. The van der Waals surface area contributed by atoms with E-state index in [1.54, 1.807) is 26.3 Å². The van der Waals surface area contributed by atoms with Crippen LogP contribution in [0.1, 0.15) is 17.4 Å². The van der Waals surface area contributed by atoms with E-state index in [1.165, 1.54) is 25.8 Å². The van der Waals surface area contributed by atoms with Gasteiger partial charge in [0.05, 0.1) is 50.2 Å². The number of benzene rings is 2. The number of aryl methyl sites for hydroxylation is 1. The summed E-state index contributed by atoms with van der Waals surface area (Å²) in [7, 11) is 7.62. The van der Waals surface area contributed by atoms with Crippen LogP contribution in [0, 0.1) is 0 Å². The minimum Gasteiger partial charge on any atom is -0.502 e. The van der Waals surface area contributed by atoms with E-state index in [4.69, 9.17) is 18.9 Å². The fourth-order valence-electron chi connectivity index (χ4n) is 4.95. The van der Waals surface area contributed by atoms with E-state index in [9.17, 15) is 14.7 Å². The summed E-state index contributed by atoms with van der Waals surface area (Å²) in [4.78, 5) is 26.5. The summed E-state index contributed by atoms with van der Waals surface area (Å²) in [6, 6.07) is 10.8. The first-order chi connectivity index (χ1) is 17.3. The van der Waals surface area contributed by atoms with E-state index in [1.807, 2.05) is 28.8 Å². The predicted octanol–water partition coefficient (Wildman–Crippen LogP) is 2.56. The van der Waals surface area contributed by atoms with Crippen molar-refractivity contribution in [2.75, 3.05) is 27.9 Å². The summed E-state index contributed by atoms with van der Waals surface area (Å²) < 4.78 is 26.9. The van der Waals surface area contributed by atoms with Gasteiger partial charge in [0.15, 0.2) is 11.5 Å². The second-order valence-electron chi connectivity index (χ2n) is 8.57. The molecular weight excluding hydrogens is 466 g/mol. The minimum atomic E-state index is -0.658. The number of methoxy groups -OCH3 is 3. The number of phenolic OH excluding ortho intramolecular Hbond substituents is 1. The summed E-state index contributed by atoms with van der Waals surface area (Å²) >= 11 is 0. The summed E-state index contributed by atoms with van der Waals surface area (Å²) in [5.41, 5.74) is 2.48. The summed E-state index contributed by atoms with van der Waals surface area (Å²) in [5, 5.41) is 10.8. The van der Waals surface area contributed by atoms with Gasteiger partial charge in [0.25, 0.3) is 5.56 Å². The van der Waals surface area contributed by atoms with Gasteiger partial charge in [0.1, 0.15) is 11.9 Å². The van der Waals surface area contributed by atoms with Crippen molar-refractivity contribution in [3.8, 4) is 34.3 Å². The Labute approximate surface area is 206 Å². The van der Waals surface area contributed by atoms with Crippen molar-refractivity contribution in [2.24, 2.45) is 14.1 Å². The van der Waals surface area contributed by atoms with Crippen LogP contribution in [-0.4, -0.2) is 46.7 Å². The van der Waals surface area contributed by atoms with Gasteiger partial charge in [0, 0.05) is 20.6 Å². The highest BCUT2D eigenvalue weighted by molar-refractivity contribution is 5.96. The van der Waals surface area contributed by atoms with Gasteiger partial charge in [-0.05, 0) is 47.5 Å². The molecule has 0 fully saturated rings. The Morgan fingerprint density at radius 3 is 2.17 bits per heavy atom. The molecule has 188 valence electrons. The lowest BCUT2D eigenvalue weighted by Crippen LogP contribution is -2.37. The van der Waals surface area contributed by atoms with Gasteiger partial charge in [-0.3, -0.25) is 13.9 Å². The number of hydrogen-bond donors (Lipinski definition) is 1. The Hall–Kier alpha value is -4.18. The van der Waals surface area contributed by atoms with Crippen molar-refractivity contribution in [1.82, 2.24) is 13.7 Å². The van der Waals surface area contributed by atoms with Crippen LogP contribution < -0.4 is 25.5 Å². The average molecular weight is 494 g/mol. The van der Waals surface area contributed by atoms with Crippen molar-refractivity contribution >= 4 is 10.9 Å². The first-order valence-corrected chi connectivity index (χ1v) is 11.3. The lowest BCUT2D eigenvalue weighted by molar-refractivity contribution is 0.0475. The normalized spacial score (nSPS) is 15.1. The van der Waals surface area contributed by atoms with Gasteiger partial charge < -0.3 is 28.6 Å². The standard InChI is InChI=1S/C26H27N3O7/c1-27-21-19(25(31)28(2)26(27)32)20(14-6-8-16(33-3)9-7-14)29-10-11-36-24(22(21)29)15-12-17(34-4)23(30)18(13-15)35-5/h6-9,12-13,24,30H,10-11H2,1-5H3/t24-/m0/s1. The van der Waals surface area contributed by atoms with Crippen LogP contribution in [0.25, 0.3) is 22.2 Å². The molecule has 1 aliphatic rings. The molecule has 10 nitrogen and oxygen atoms in total. The second kappa shape index (κ2) is 8.80. The summed E-state index contributed by atoms with van der Waals surface area (Å²) in [6.45, 7) is 0.840. The molecule has 0 bridgehead atoms. The monoisotopic (exact) mass is 493 g/mol. The number of aromatic nitrogens is 3. The Kier molecular flexibility index (Phi) is 5.76. The van der Waals surface area contributed by atoms with Crippen LogP contribution >= 0.6 is 0 Å². The molecule has 0 spiro atoms. The SMILES string of the molecule is COc1ccc(-c2c3c(=O)n(C)c(=O)n(C)c3c3n2CCO[C@H]3c2cc(OC)c(O)c(OC)c2)cc1. The number of hydrogen-bond acceptors (Lipinski definition) is 7. The van der Waals surface area contributed by atoms with Crippen molar-refractivity contribution in [3.05, 3.63) is 68.5 Å².